The lowest BCUT2D eigenvalue weighted by Gasteiger charge is -2.28. The summed E-state index contributed by atoms with van der Waals surface area (Å²) in [6, 6.07) is 8.96. The number of hydrogen-bond donors (Lipinski definition) is 2. The predicted octanol–water partition coefficient (Wildman–Crippen LogP) is 2.90. The predicted molar refractivity (Wildman–Crippen MR) is 129 cm³/mol. The molecule has 10 nitrogen and oxygen atoms in total. The van der Waals surface area contributed by atoms with Gasteiger partial charge >= 0.3 is 18.0 Å². The molecule has 0 saturated heterocycles. The van der Waals surface area contributed by atoms with Crippen LogP contribution in [0.3, 0.4) is 0 Å². The number of hydrogen-bond acceptors (Lipinski definition) is 8. The maximum absolute atomic E-state index is 13.1. The second-order valence-corrected chi connectivity index (χ2v) is 8.64. The molecule has 0 spiro atoms. The van der Waals surface area contributed by atoms with Crippen molar-refractivity contribution in [2.24, 2.45) is 0 Å². The zero-order valence-electron chi connectivity index (χ0n) is 19.2. The van der Waals surface area contributed by atoms with Crippen molar-refractivity contribution in [1.29, 1.82) is 0 Å². The summed E-state index contributed by atoms with van der Waals surface area (Å²) in [6.45, 7) is 3.65. The van der Waals surface area contributed by atoms with Crippen LogP contribution in [0.15, 0.2) is 57.8 Å². The van der Waals surface area contributed by atoms with Gasteiger partial charge in [-0.05, 0) is 30.9 Å². The molecule has 3 heterocycles. The second-order valence-electron chi connectivity index (χ2n) is 7.66. The number of urea groups is 1. The Labute approximate surface area is 204 Å². The van der Waals surface area contributed by atoms with E-state index in [2.05, 4.69) is 15.7 Å². The molecule has 182 valence electrons. The smallest absolute Gasteiger partial charge is 0.359 e. The second kappa shape index (κ2) is 10.5. The number of esters is 2. The third-order valence-corrected chi connectivity index (χ3v) is 6.26. The molecule has 0 fully saturated rings. The highest BCUT2D eigenvalue weighted by Gasteiger charge is 2.35. The Kier molecular flexibility index (Phi) is 7.25. The minimum atomic E-state index is -0.790. The number of carbonyl (C=O) groups excluding carboxylic acids is 3. The van der Waals surface area contributed by atoms with E-state index in [1.54, 1.807) is 43.3 Å². The van der Waals surface area contributed by atoms with Crippen LogP contribution in [-0.2, 0) is 20.8 Å². The molecular formula is C24H24N4O6S. The van der Waals surface area contributed by atoms with Gasteiger partial charge in [-0.1, -0.05) is 31.2 Å². The maximum atomic E-state index is 13.1. The zero-order valence-corrected chi connectivity index (χ0v) is 20.0. The average molecular weight is 497 g/mol. The molecule has 0 bridgehead atoms. The number of thiophene rings is 1. The van der Waals surface area contributed by atoms with Crippen molar-refractivity contribution in [3.05, 3.63) is 74.0 Å². The standard InChI is InChI=1S/C24H24N4O6S/c1-3-11-28-21(29)15-9-6-5-8-14(15)19(27-28)23(31)34-13-16-18(22(30)33-4-2)20(26-24(32)25-16)17-10-7-12-35-17/h5-10,12,20H,3-4,11,13H2,1-2H3,(H2,25,26,32). The Morgan fingerprint density at radius 3 is 2.51 bits per heavy atom. The number of carbonyl (C=O) groups is 3. The van der Waals surface area contributed by atoms with Crippen molar-refractivity contribution in [2.75, 3.05) is 13.2 Å². The lowest BCUT2D eigenvalue weighted by Crippen LogP contribution is -2.47. The Bertz CT molecular complexity index is 1360. The molecule has 1 atom stereocenters. The molecule has 1 aliphatic rings. The number of benzene rings is 1. The number of nitrogens with zero attached hydrogens (tertiary/aromatic N) is 2. The van der Waals surface area contributed by atoms with Gasteiger partial charge in [0.15, 0.2) is 5.69 Å². The van der Waals surface area contributed by atoms with Crippen molar-refractivity contribution in [2.45, 2.75) is 32.9 Å². The number of amides is 2. The van der Waals surface area contributed by atoms with Gasteiger partial charge in [0.1, 0.15) is 6.61 Å². The highest BCUT2D eigenvalue weighted by atomic mass is 32.1. The molecule has 2 N–H and O–H groups in total. The van der Waals surface area contributed by atoms with Gasteiger partial charge in [0.05, 0.1) is 29.3 Å². The Morgan fingerprint density at radius 2 is 1.83 bits per heavy atom. The third kappa shape index (κ3) is 4.94. The lowest BCUT2D eigenvalue weighted by molar-refractivity contribution is -0.139. The molecule has 4 rings (SSSR count). The highest BCUT2D eigenvalue weighted by molar-refractivity contribution is 7.10. The van der Waals surface area contributed by atoms with Crippen LogP contribution in [0.4, 0.5) is 4.79 Å². The number of rotatable bonds is 8. The van der Waals surface area contributed by atoms with Gasteiger partial charge in [0, 0.05) is 16.8 Å². The van der Waals surface area contributed by atoms with E-state index >= 15 is 0 Å². The fourth-order valence-corrected chi connectivity index (χ4v) is 4.59. The van der Waals surface area contributed by atoms with Crippen LogP contribution in [0.2, 0.25) is 0 Å². The first-order valence-electron chi connectivity index (χ1n) is 11.1. The molecule has 11 heteroatoms. The molecule has 0 radical (unpaired) electrons. The van der Waals surface area contributed by atoms with Crippen LogP contribution in [0.1, 0.15) is 41.7 Å². The summed E-state index contributed by atoms with van der Waals surface area (Å²) in [5, 5.41) is 12.1. The van der Waals surface area contributed by atoms with Crippen molar-refractivity contribution in [1.82, 2.24) is 20.4 Å². The molecule has 2 amide bonds. The Morgan fingerprint density at radius 1 is 1.06 bits per heavy atom. The summed E-state index contributed by atoms with van der Waals surface area (Å²) in [6.07, 6.45) is 0.651. The molecule has 2 aromatic heterocycles. The van der Waals surface area contributed by atoms with E-state index in [0.717, 1.165) is 4.88 Å². The minimum Gasteiger partial charge on any atom is -0.463 e. The van der Waals surface area contributed by atoms with E-state index in [9.17, 15) is 19.2 Å². The van der Waals surface area contributed by atoms with E-state index in [1.165, 1.54) is 16.0 Å². The number of aryl methyl sites for hydroxylation is 1. The molecule has 3 aromatic rings. The summed E-state index contributed by atoms with van der Waals surface area (Å²) < 4.78 is 11.9. The van der Waals surface area contributed by atoms with Gasteiger partial charge in [0.25, 0.3) is 5.56 Å². The van der Waals surface area contributed by atoms with Crippen LogP contribution >= 0.6 is 11.3 Å². The summed E-state index contributed by atoms with van der Waals surface area (Å²) in [5.41, 5.74) is -0.0571. The summed E-state index contributed by atoms with van der Waals surface area (Å²) >= 11 is 1.37. The number of nitrogens with one attached hydrogen (secondary N) is 2. The zero-order chi connectivity index (χ0) is 24.9. The van der Waals surface area contributed by atoms with Gasteiger partial charge in [-0.3, -0.25) is 4.79 Å². The van der Waals surface area contributed by atoms with E-state index in [-0.39, 0.29) is 29.1 Å². The van der Waals surface area contributed by atoms with E-state index < -0.39 is 30.6 Å². The normalized spacial score (nSPS) is 15.5. The van der Waals surface area contributed by atoms with Crippen LogP contribution < -0.4 is 16.2 Å². The molecule has 0 saturated carbocycles. The van der Waals surface area contributed by atoms with Crippen LogP contribution in [-0.4, -0.2) is 41.0 Å². The summed E-state index contributed by atoms with van der Waals surface area (Å²) in [5.74, 6) is -1.42. The van der Waals surface area contributed by atoms with Gasteiger partial charge < -0.3 is 20.1 Å². The van der Waals surface area contributed by atoms with Crippen molar-refractivity contribution < 1.29 is 23.9 Å². The average Bonchev–Trinajstić information content (AvgIpc) is 3.39. The lowest BCUT2D eigenvalue weighted by atomic mass is 10.0. The van der Waals surface area contributed by atoms with Crippen molar-refractivity contribution >= 4 is 40.1 Å². The molecule has 35 heavy (non-hydrogen) atoms. The first-order chi connectivity index (χ1) is 16.9. The van der Waals surface area contributed by atoms with Crippen LogP contribution in [0, 0.1) is 0 Å². The Hall–Kier alpha value is -3.99. The van der Waals surface area contributed by atoms with E-state index in [0.29, 0.717) is 23.7 Å². The largest absolute Gasteiger partial charge is 0.463 e. The SMILES string of the molecule is CCCn1nc(C(=O)OCC2=C(C(=O)OCC)C(c3cccs3)NC(=O)N2)c2ccccc2c1=O. The topological polar surface area (TPSA) is 129 Å². The van der Waals surface area contributed by atoms with Gasteiger partial charge in [0.2, 0.25) is 0 Å². The van der Waals surface area contributed by atoms with Gasteiger partial charge in [-0.2, -0.15) is 5.10 Å². The van der Waals surface area contributed by atoms with Crippen molar-refractivity contribution in [3.8, 4) is 0 Å². The number of ether oxygens (including phenoxy) is 2. The first-order valence-corrected chi connectivity index (χ1v) is 12.0. The highest BCUT2D eigenvalue weighted by Crippen LogP contribution is 2.30. The fourth-order valence-electron chi connectivity index (χ4n) is 3.81. The quantitative estimate of drug-likeness (QED) is 0.459. The van der Waals surface area contributed by atoms with Crippen LogP contribution in [0.25, 0.3) is 10.8 Å². The first kappa shape index (κ1) is 24.1. The minimum absolute atomic E-state index is 0.0259. The molecule has 1 unspecified atom stereocenters. The Balaban J connectivity index is 1.69. The van der Waals surface area contributed by atoms with Crippen molar-refractivity contribution in [3.63, 3.8) is 0 Å². The van der Waals surface area contributed by atoms with Gasteiger partial charge in [-0.25, -0.2) is 19.1 Å². The molecule has 1 aromatic carbocycles. The third-order valence-electron chi connectivity index (χ3n) is 5.32. The van der Waals surface area contributed by atoms with E-state index in [4.69, 9.17) is 9.47 Å². The molecular weight excluding hydrogens is 472 g/mol. The monoisotopic (exact) mass is 496 g/mol. The van der Waals surface area contributed by atoms with E-state index in [1.807, 2.05) is 12.3 Å². The van der Waals surface area contributed by atoms with Gasteiger partial charge in [-0.15, -0.1) is 11.3 Å². The number of aromatic nitrogens is 2. The summed E-state index contributed by atoms with van der Waals surface area (Å²) in [4.78, 5) is 51.7. The van der Waals surface area contributed by atoms with Crippen LogP contribution in [0.5, 0.6) is 0 Å². The fraction of sp³-hybridized carbons (Fsp3) is 0.292. The number of fused-ring (bicyclic) bond motifs is 1. The summed E-state index contributed by atoms with van der Waals surface area (Å²) in [7, 11) is 0. The molecule has 0 aliphatic carbocycles. The molecule has 1 aliphatic heterocycles. The maximum Gasteiger partial charge on any atom is 0.359 e.